The van der Waals surface area contributed by atoms with Crippen molar-refractivity contribution in [1.29, 1.82) is 0 Å². The van der Waals surface area contributed by atoms with Crippen LogP contribution < -0.4 is 4.74 Å². The third kappa shape index (κ3) is 5.59. The van der Waals surface area contributed by atoms with Crippen molar-refractivity contribution in [2.24, 2.45) is 0 Å². The van der Waals surface area contributed by atoms with Gasteiger partial charge in [-0.1, -0.05) is 12.1 Å². The molecule has 0 N–H and O–H groups in total. The number of carbonyl (C=O) groups is 1. The van der Waals surface area contributed by atoms with Gasteiger partial charge in [-0.3, -0.25) is 4.79 Å². The van der Waals surface area contributed by atoms with E-state index in [0.717, 1.165) is 20.9 Å². The number of para-hydroxylation sites is 1. The van der Waals surface area contributed by atoms with Crippen LogP contribution in [0.15, 0.2) is 42.0 Å². The molecule has 1 aromatic carbocycles. The van der Waals surface area contributed by atoms with Crippen molar-refractivity contribution in [3.8, 4) is 16.3 Å². The highest BCUT2D eigenvalue weighted by atomic mass is 32.1. The van der Waals surface area contributed by atoms with E-state index in [1.165, 1.54) is 35.7 Å². The zero-order valence-electron chi connectivity index (χ0n) is 16.5. The van der Waals surface area contributed by atoms with Gasteiger partial charge in [-0.05, 0) is 19.1 Å². The number of hydrogen-bond acceptors (Lipinski definition) is 5. The Hall–Kier alpha value is -2.88. The van der Waals surface area contributed by atoms with E-state index in [1.807, 2.05) is 31.2 Å². The molecule has 0 spiro atoms. The summed E-state index contributed by atoms with van der Waals surface area (Å²) in [6, 6.07) is 7.54. The van der Waals surface area contributed by atoms with Crippen molar-refractivity contribution < 1.29 is 22.7 Å². The van der Waals surface area contributed by atoms with Crippen molar-refractivity contribution in [3.05, 3.63) is 53.6 Å². The second-order valence-electron chi connectivity index (χ2n) is 6.59. The minimum Gasteiger partial charge on any atom is -0.493 e. The minimum absolute atomic E-state index is 0.0217. The second-order valence-corrected chi connectivity index (χ2v) is 7.44. The van der Waals surface area contributed by atoms with Crippen LogP contribution in [-0.4, -0.2) is 45.2 Å². The summed E-state index contributed by atoms with van der Waals surface area (Å²) < 4.78 is 44.6. The van der Waals surface area contributed by atoms with E-state index in [-0.39, 0.29) is 24.7 Å². The molecule has 0 unspecified atom stereocenters. The fourth-order valence-corrected chi connectivity index (χ4v) is 3.70. The molecule has 10 heteroatoms. The van der Waals surface area contributed by atoms with Crippen LogP contribution in [0, 0.1) is 0 Å². The summed E-state index contributed by atoms with van der Waals surface area (Å²) in [5, 5.41) is 2.54. The van der Waals surface area contributed by atoms with E-state index in [2.05, 4.69) is 9.97 Å². The number of ether oxygens (including phenoxy) is 1. The average molecular weight is 438 g/mol. The maximum atomic E-state index is 12.7. The summed E-state index contributed by atoms with van der Waals surface area (Å²) in [6.45, 7) is 1.27. The normalized spacial score (nSPS) is 11.5. The first-order chi connectivity index (χ1) is 14.3. The van der Waals surface area contributed by atoms with Gasteiger partial charge < -0.3 is 14.2 Å². The molecule has 3 rings (SSSR count). The van der Waals surface area contributed by atoms with Gasteiger partial charge in [0.25, 0.3) is 0 Å². The van der Waals surface area contributed by atoms with Gasteiger partial charge >= 0.3 is 6.18 Å². The fraction of sp³-hybridized carbons (Fsp3) is 0.350. The molecule has 3 aromatic rings. The van der Waals surface area contributed by atoms with Crippen LogP contribution in [0.5, 0.6) is 5.75 Å². The predicted octanol–water partition coefficient (Wildman–Crippen LogP) is 4.17. The zero-order chi connectivity index (χ0) is 21.7. The predicted molar refractivity (Wildman–Crippen MR) is 107 cm³/mol. The lowest BCUT2D eigenvalue weighted by molar-refractivity contribution is -0.141. The molecule has 0 radical (unpaired) electrons. The largest absolute Gasteiger partial charge is 0.493 e. The summed E-state index contributed by atoms with van der Waals surface area (Å²) >= 11 is 1.41. The summed E-state index contributed by atoms with van der Waals surface area (Å²) in [6.07, 6.45) is -1.76. The summed E-state index contributed by atoms with van der Waals surface area (Å²) in [4.78, 5) is 22.4. The first-order valence-electron chi connectivity index (χ1n) is 9.24. The molecule has 0 aliphatic rings. The molecule has 30 heavy (non-hydrogen) atoms. The van der Waals surface area contributed by atoms with Gasteiger partial charge in [0, 0.05) is 24.8 Å². The van der Waals surface area contributed by atoms with Crippen LogP contribution >= 0.6 is 11.3 Å². The van der Waals surface area contributed by atoms with Crippen molar-refractivity contribution in [2.75, 3.05) is 13.7 Å². The van der Waals surface area contributed by atoms with Crippen LogP contribution in [0.2, 0.25) is 0 Å². The molecular formula is C20H21F3N4O2S. The number of benzene rings is 1. The Labute approximate surface area is 175 Å². The molecule has 0 aliphatic carbocycles. The molecule has 0 aliphatic heterocycles. The number of amides is 1. The smallest absolute Gasteiger partial charge is 0.406 e. The van der Waals surface area contributed by atoms with Gasteiger partial charge in [0.1, 0.15) is 23.1 Å². The average Bonchev–Trinajstić information content (AvgIpc) is 3.31. The van der Waals surface area contributed by atoms with Gasteiger partial charge in [-0.25, -0.2) is 9.97 Å². The Morgan fingerprint density at radius 2 is 2.07 bits per heavy atom. The summed E-state index contributed by atoms with van der Waals surface area (Å²) in [5.41, 5.74) is 1.45. The first kappa shape index (κ1) is 21.8. The zero-order valence-corrected chi connectivity index (χ0v) is 17.3. The van der Waals surface area contributed by atoms with Crippen LogP contribution in [0.4, 0.5) is 13.2 Å². The van der Waals surface area contributed by atoms with E-state index in [0.29, 0.717) is 12.3 Å². The number of likely N-dealkylation sites (N-methyl/N-ethyl adjacent to an activating group) is 1. The molecule has 0 saturated carbocycles. The van der Waals surface area contributed by atoms with Crippen LogP contribution in [0.3, 0.4) is 0 Å². The first-order valence-corrected chi connectivity index (χ1v) is 10.1. The quantitative estimate of drug-likeness (QED) is 0.530. The topological polar surface area (TPSA) is 60.2 Å². The number of rotatable bonds is 8. The number of imidazole rings is 1. The number of aromatic nitrogens is 3. The third-order valence-corrected chi connectivity index (χ3v) is 5.18. The van der Waals surface area contributed by atoms with Crippen molar-refractivity contribution in [1.82, 2.24) is 19.4 Å². The molecule has 6 nitrogen and oxygen atoms in total. The van der Waals surface area contributed by atoms with E-state index in [9.17, 15) is 18.0 Å². The molecule has 0 bridgehead atoms. The van der Waals surface area contributed by atoms with Gasteiger partial charge in [-0.2, -0.15) is 13.2 Å². The minimum atomic E-state index is -4.35. The van der Waals surface area contributed by atoms with E-state index >= 15 is 0 Å². The molecule has 1 amide bonds. The van der Waals surface area contributed by atoms with Gasteiger partial charge in [0.2, 0.25) is 5.91 Å². The second kappa shape index (κ2) is 9.29. The van der Waals surface area contributed by atoms with Crippen LogP contribution in [-0.2, 0) is 24.3 Å². The van der Waals surface area contributed by atoms with E-state index in [1.54, 1.807) is 5.38 Å². The van der Waals surface area contributed by atoms with Crippen molar-refractivity contribution in [2.45, 2.75) is 32.6 Å². The van der Waals surface area contributed by atoms with Crippen molar-refractivity contribution in [3.63, 3.8) is 0 Å². The van der Waals surface area contributed by atoms with E-state index < -0.39 is 12.7 Å². The monoisotopic (exact) mass is 438 g/mol. The Bertz CT molecular complexity index is 1000. The number of nitrogens with zero attached hydrogens (tertiary/aromatic N) is 4. The standard InChI is InChI=1S/C20H21F3N4O2S/c1-3-29-16-7-5-4-6-15(16)19-25-14(12-30-19)10-18(28)26(2)11-17-24-8-9-27(17)13-20(21,22)23/h4-9,12H,3,10-11,13H2,1-2H3. The van der Waals surface area contributed by atoms with E-state index in [4.69, 9.17) is 4.74 Å². The maximum absolute atomic E-state index is 12.7. The van der Waals surface area contributed by atoms with Gasteiger partial charge in [-0.15, -0.1) is 11.3 Å². The molecule has 2 aromatic heterocycles. The van der Waals surface area contributed by atoms with Gasteiger partial charge in [0.05, 0.1) is 30.8 Å². The molecule has 160 valence electrons. The van der Waals surface area contributed by atoms with Crippen LogP contribution in [0.1, 0.15) is 18.4 Å². The third-order valence-electron chi connectivity index (χ3n) is 4.26. The lowest BCUT2D eigenvalue weighted by Gasteiger charge is -2.18. The lowest BCUT2D eigenvalue weighted by Crippen LogP contribution is -2.30. The Kier molecular flexibility index (Phi) is 6.76. The SMILES string of the molecule is CCOc1ccccc1-c1nc(CC(=O)N(C)Cc2nccn2CC(F)(F)F)cs1. The highest BCUT2D eigenvalue weighted by molar-refractivity contribution is 7.13. The Morgan fingerprint density at radius 1 is 1.30 bits per heavy atom. The number of thiazole rings is 1. The molecular weight excluding hydrogens is 417 g/mol. The summed E-state index contributed by atoms with van der Waals surface area (Å²) in [5.74, 6) is 0.639. The highest BCUT2D eigenvalue weighted by Crippen LogP contribution is 2.32. The number of carbonyl (C=O) groups excluding carboxylic acids is 1. The number of hydrogen-bond donors (Lipinski definition) is 0. The Balaban J connectivity index is 1.66. The van der Waals surface area contributed by atoms with Gasteiger partial charge in [0.15, 0.2) is 0 Å². The maximum Gasteiger partial charge on any atom is 0.406 e. The number of halogens is 3. The fourth-order valence-electron chi connectivity index (χ4n) is 2.86. The number of alkyl halides is 3. The Morgan fingerprint density at radius 3 is 2.80 bits per heavy atom. The molecule has 0 saturated heterocycles. The van der Waals surface area contributed by atoms with Crippen LogP contribution in [0.25, 0.3) is 10.6 Å². The summed E-state index contributed by atoms with van der Waals surface area (Å²) in [7, 11) is 1.53. The molecule has 0 fully saturated rings. The lowest BCUT2D eigenvalue weighted by atomic mass is 10.2. The molecule has 0 atom stereocenters. The van der Waals surface area contributed by atoms with Crippen molar-refractivity contribution >= 4 is 17.2 Å². The highest BCUT2D eigenvalue weighted by Gasteiger charge is 2.29. The molecule has 2 heterocycles.